The number of aryl methyl sites for hydroxylation is 1. The predicted molar refractivity (Wildman–Crippen MR) is 128 cm³/mol. The highest BCUT2D eigenvalue weighted by atomic mass is 35.5. The fourth-order valence-electron chi connectivity index (χ4n) is 3.62. The molecule has 0 aliphatic carbocycles. The molecule has 0 fully saturated rings. The van der Waals surface area contributed by atoms with Crippen molar-refractivity contribution < 1.29 is 27.8 Å². The Morgan fingerprint density at radius 1 is 1.18 bits per heavy atom. The zero-order chi connectivity index (χ0) is 27.6. The van der Waals surface area contributed by atoms with Crippen molar-refractivity contribution >= 4 is 17.6 Å². The average Bonchev–Trinajstić information content (AvgIpc) is 3.45. The first kappa shape index (κ1) is 27.0. The van der Waals surface area contributed by atoms with Gasteiger partial charge in [0.15, 0.2) is 23.6 Å². The van der Waals surface area contributed by atoms with E-state index in [9.17, 15) is 27.9 Å². The highest BCUT2D eigenvalue weighted by Gasteiger charge is 2.39. The van der Waals surface area contributed by atoms with E-state index in [-0.39, 0.29) is 23.0 Å². The molecule has 0 saturated carbocycles. The van der Waals surface area contributed by atoms with Crippen LogP contribution >= 0.6 is 11.6 Å². The van der Waals surface area contributed by atoms with Gasteiger partial charge in [-0.2, -0.15) is 17.9 Å². The first-order valence-corrected chi connectivity index (χ1v) is 11.6. The number of methoxy groups -OCH3 is 1. The summed E-state index contributed by atoms with van der Waals surface area (Å²) >= 11 is 5.91. The van der Waals surface area contributed by atoms with Crippen molar-refractivity contribution in [1.82, 2.24) is 34.1 Å². The second-order valence-corrected chi connectivity index (χ2v) is 8.47. The average molecular weight is 552 g/mol. The molecule has 0 unspecified atom stereocenters. The van der Waals surface area contributed by atoms with E-state index in [1.165, 1.54) is 35.1 Å². The summed E-state index contributed by atoms with van der Waals surface area (Å²) in [5.41, 5.74) is 0.0810. The van der Waals surface area contributed by atoms with Gasteiger partial charge in [0, 0.05) is 16.8 Å². The number of carbonyl (C=O) groups excluding carboxylic acids is 1. The maximum Gasteiger partial charge on any atom is 0.416 e. The smallest absolute Gasteiger partial charge is 0.416 e. The molecule has 200 valence electrons. The third kappa shape index (κ3) is 5.45. The summed E-state index contributed by atoms with van der Waals surface area (Å²) in [6.07, 6.45) is -5.71. The van der Waals surface area contributed by atoms with E-state index in [0.717, 1.165) is 17.4 Å². The normalized spacial score (nSPS) is 12.5. The SMILES string of the molecule is CCc1cccnc1-n1nc(Cn2nc(-c3ccc(Cl)cc3)n(C[C@H](O)C(F)(F)F)c2=O)nc1C(=O)OC. The molecule has 0 aliphatic rings. The van der Waals surface area contributed by atoms with E-state index in [2.05, 4.69) is 20.2 Å². The van der Waals surface area contributed by atoms with E-state index in [0.29, 0.717) is 21.8 Å². The molecule has 0 spiro atoms. The number of nitrogens with zero attached hydrogens (tertiary/aromatic N) is 7. The number of pyridine rings is 1. The molecule has 1 aromatic carbocycles. The summed E-state index contributed by atoms with van der Waals surface area (Å²) in [6, 6.07) is 9.42. The minimum absolute atomic E-state index is 0.0520. The van der Waals surface area contributed by atoms with Crippen LogP contribution in [-0.2, 0) is 24.2 Å². The number of aromatic nitrogens is 7. The number of carbonyl (C=O) groups is 1. The lowest BCUT2D eigenvalue weighted by molar-refractivity contribution is -0.207. The van der Waals surface area contributed by atoms with E-state index < -0.39 is 37.0 Å². The molecule has 0 radical (unpaired) electrons. The second kappa shape index (κ2) is 10.8. The summed E-state index contributed by atoms with van der Waals surface area (Å²) in [4.78, 5) is 34.0. The lowest BCUT2D eigenvalue weighted by Crippen LogP contribution is -2.37. The van der Waals surface area contributed by atoms with E-state index >= 15 is 0 Å². The Balaban J connectivity index is 1.80. The molecule has 3 aromatic heterocycles. The van der Waals surface area contributed by atoms with Crippen LogP contribution in [0.1, 0.15) is 28.9 Å². The monoisotopic (exact) mass is 551 g/mol. The maximum absolute atomic E-state index is 13.1. The van der Waals surface area contributed by atoms with Crippen molar-refractivity contribution in [2.24, 2.45) is 0 Å². The number of aliphatic hydroxyl groups excluding tert-OH is 1. The number of hydrogen-bond acceptors (Lipinski definition) is 8. The van der Waals surface area contributed by atoms with Gasteiger partial charge in [-0.3, -0.25) is 4.57 Å². The molecule has 1 atom stereocenters. The van der Waals surface area contributed by atoms with Gasteiger partial charge in [0.2, 0.25) is 5.82 Å². The Labute approximate surface area is 218 Å². The lowest BCUT2D eigenvalue weighted by Gasteiger charge is -2.15. The van der Waals surface area contributed by atoms with Crippen LogP contribution in [0, 0.1) is 0 Å². The topological polar surface area (TPSA) is 130 Å². The second-order valence-electron chi connectivity index (χ2n) is 8.03. The Morgan fingerprint density at radius 2 is 1.89 bits per heavy atom. The Hall–Kier alpha value is -4.04. The molecular formula is C23H21ClF3N7O4. The summed E-state index contributed by atoms with van der Waals surface area (Å²) < 4.78 is 46.8. The number of esters is 1. The molecular weight excluding hydrogens is 531 g/mol. The first-order chi connectivity index (χ1) is 18.0. The van der Waals surface area contributed by atoms with Crippen molar-refractivity contribution in [1.29, 1.82) is 0 Å². The number of aliphatic hydroxyl groups is 1. The molecule has 0 amide bonds. The van der Waals surface area contributed by atoms with E-state index in [4.69, 9.17) is 16.3 Å². The van der Waals surface area contributed by atoms with Gasteiger partial charge >= 0.3 is 17.8 Å². The van der Waals surface area contributed by atoms with Gasteiger partial charge in [0.1, 0.15) is 6.54 Å². The Kier molecular flexibility index (Phi) is 7.64. The van der Waals surface area contributed by atoms with Gasteiger partial charge in [-0.25, -0.2) is 24.2 Å². The summed E-state index contributed by atoms with van der Waals surface area (Å²) in [5, 5.41) is 18.5. The zero-order valence-corrected chi connectivity index (χ0v) is 20.8. The number of benzene rings is 1. The molecule has 1 N–H and O–H groups in total. The number of alkyl halides is 3. The van der Waals surface area contributed by atoms with E-state index in [1.54, 1.807) is 12.1 Å². The van der Waals surface area contributed by atoms with Crippen molar-refractivity contribution in [2.45, 2.75) is 38.7 Å². The molecule has 4 aromatic rings. The zero-order valence-electron chi connectivity index (χ0n) is 20.1. The number of ether oxygens (including phenoxy) is 1. The third-order valence-electron chi connectivity index (χ3n) is 5.52. The molecule has 11 nitrogen and oxygen atoms in total. The Bertz CT molecular complexity index is 1510. The van der Waals surface area contributed by atoms with Gasteiger partial charge in [0.05, 0.1) is 13.7 Å². The van der Waals surface area contributed by atoms with Crippen molar-refractivity contribution in [3.05, 3.63) is 75.3 Å². The summed E-state index contributed by atoms with van der Waals surface area (Å²) in [7, 11) is 1.16. The van der Waals surface area contributed by atoms with Crippen LogP contribution in [0.15, 0.2) is 47.4 Å². The molecule has 0 aliphatic heterocycles. The van der Waals surface area contributed by atoms with Crippen molar-refractivity contribution in [3.8, 4) is 17.2 Å². The van der Waals surface area contributed by atoms with Crippen molar-refractivity contribution in [2.75, 3.05) is 7.11 Å². The predicted octanol–water partition coefficient (Wildman–Crippen LogP) is 2.66. The van der Waals surface area contributed by atoms with E-state index in [1.807, 2.05) is 6.92 Å². The standard InChI is InChI=1S/C23H21ClF3N7O4/c1-3-13-5-4-10-28-18(13)34-20(21(36)38-2)29-17(30-34)12-33-22(37)32(11-16(35)23(25,26)27)19(31-33)14-6-8-15(24)9-7-14/h4-10,16,35H,3,11-12H2,1-2H3/t16-/m0/s1. The van der Waals surface area contributed by atoms with Gasteiger partial charge in [0.25, 0.3) is 0 Å². The minimum Gasteiger partial charge on any atom is -0.463 e. The first-order valence-electron chi connectivity index (χ1n) is 11.2. The summed E-state index contributed by atoms with van der Waals surface area (Å²) in [6.45, 7) is 0.388. The van der Waals surface area contributed by atoms with Gasteiger partial charge in [-0.05, 0) is 42.3 Å². The highest BCUT2D eigenvalue weighted by molar-refractivity contribution is 6.30. The van der Waals surface area contributed by atoms with Crippen LogP contribution in [0.5, 0.6) is 0 Å². The van der Waals surface area contributed by atoms with Crippen LogP contribution in [-0.4, -0.2) is 64.6 Å². The lowest BCUT2D eigenvalue weighted by atomic mass is 10.2. The maximum atomic E-state index is 13.1. The van der Waals surface area contributed by atoms with Crippen LogP contribution in [0.2, 0.25) is 5.02 Å². The molecule has 3 heterocycles. The third-order valence-corrected chi connectivity index (χ3v) is 5.77. The Morgan fingerprint density at radius 3 is 2.53 bits per heavy atom. The number of hydrogen-bond donors (Lipinski definition) is 1. The minimum atomic E-state index is -4.96. The molecule has 15 heteroatoms. The molecule has 0 saturated heterocycles. The fourth-order valence-corrected chi connectivity index (χ4v) is 3.75. The van der Waals surface area contributed by atoms with Gasteiger partial charge in [-0.15, -0.1) is 10.2 Å². The summed E-state index contributed by atoms with van der Waals surface area (Å²) in [5.74, 6) is -0.898. The molecule has 0 bridgehead atoms. The number of halogens is 4. The highest BCUT2D eigenvalue weighted by Crippen LogP contribution is 2.24. The molecule has 38 heavy (non-hydrogen) atoms. The largest absolute Gasteiger partial charge is 0.463 e. The quantitative estimate of drug-likeness (QED) is 0.331. The molecule has 4 rings (SSSR count). The fraction of sp³-hybridized carbons (Fsp3) is 0.304. The van der Waals surface area contributed by atoms with Crippen LogP contribution < -0.4 is 5.69 Å². The van der Waals surface area contributed by atoms with Crippen LogP contribution in [0.3, 0.4) is 0 Å². The number of rotatable bonds is 8. The van der Waals surface area contributed by atoms with Gasteiger partial charge in [-0.1, -0.05) is 24.6 Å². The van der Waals surface area contributed by atoms with Crippen LogP contribution in [0.25, 0.3) is 17.2 Å². The van der Waals surface area contributed by atoms with Gasteiger partial charge < -0.3 is 9.84 Å². The van der Waals surface area contributed by atoms with Crippen molar-refractivity contribution in [3.63, 3.8) is 0 Å². The van der Waals surface area contributed by atoms with Crippen LogP contribution in [0.4, 0.5) is 13.2 Å².